The molecule has 0 amide bonds. The van der Waals surface area contributed by atoms with E-state index >= 15 is 0 Å². The quantitative estimate of drug-likeness (QED) is 0.853. The van der Waals surface area contributed by atoms with Crippen molar-refractivity contribution in [2.75, 3.05) is 32.8 Å². The second-order valence-corrected chi connectivity index (χ2v) is 5.17. The van der Waals surface area contributed by atoms with E-state index in [1.165, 1.54) is 5.39 Å². The highest BCUT2D eigenvalue weighted by atomic mass is 16.5. The van der Waals surface area contributed by atoms with Gasteiger partial charge in [0, 0.05) is 18.5 Å². The van der Waals surface area contributed by atoms with Crippen molar-refractivity contribution in [2.45, 2.75) is 13.0 Å². The van der Waals surface area contributed by atoms with Crippen LogP contribution in [0.25, 0.3) is 10.8 Å². The average Bonchev–Trinajstić information content (AvgIpc) is 2.53. The van der Waals surface area contributed by atoms with Crippen molar-refractivity contribution in [1.29, 1.82) is 0 Å². The number of rotatable bonds is 4. The van der Waals surface area contributed by atoms with E-state index in [9.17, 15) is 0 Å². The van der Waals surface area contributed by atoms with Gasteiger partial charge < -0.3 is 9.47 Å². The van der Waals surface area contributed by atoms with Crippen LogP contribution in [0.2, 0.25) is 0 Å². The molecule has 0 N–H and O–H groups in total. The Labute approximate surface area is 120 Å². The molecule has 3 heteroatoms. The maximum Gasteiger partial charge on any atom is 0.127 e. The summed E-state index contributed by atoms with van der Waals surface area (Å²) in [7, 11) is 0. The summed E-state index contributed by atoms with van der Waals surface area (Å²) in [6, 6.07) is 14.5. The van der Waals surface area contributed by atoms with Crippen LogP contribution in [0.15, 0.2) is 42.5 Å². The molecule has 1 heterocycles. The first-order valence-electron chi connectivity index (χ1n) is 7.31. The average molecular weight is 271 g/mol. The Hall–Kier alpha value is -1.58. The smallest absolute Gasteiger partial charge is 0.127 e. The third-order valence-electron chi connectivity index (χ3n) is 3.84. The van der Waals surface area contributed by atoms with Crippen LogP contribution in [0.3, 0.4) is 0 Å². The van der Waals surface area contributed by atoms with Gasteiger partial charge in [-0.25, -0.2) is 0 Å². The van der Waals surface area contributed by atoms with Crippen molar-refractivity contribution < 1.29 is 9.47 Å². The second-order valence-electron chi connectivity index (χ2n) is 5.17. The molecule has 3 rings (SSSR count). The fourth-order valence-corrected chi connectivity index (χ4v) is 2.67. The van der Waals surface area contributed by atoms with Crippen molar-refractivity contribution >= 4 is 10.8 Å². The molecule has 1 unspecified atom stereocenters. The second kappa shape index (κ2) is 6.25. The molecule has 20 heavy (non-hydrogen) atoms. The standard InChI is InChI=1S/C17H21NO2/c1-2-18-10-11-19-15(12-18)13-20-17-9-5-7-14-6-3-4-8-16(14)17/h3-9,15H,2,10-13H2,1H3. The van der Waals surface area contributed by atoms with Crippen LogP contribution in [0.4, 0.5) is 0 Å². The molecule has 106 valence electrons. The van der Waals surface area contributed by atoms with Crippen molar-refractivity contribution in [2.24, 2.45) is 0 Å². The Bertz CT molecular complexity index is 564. The molecule has 0 aromatic heterocycles. The molecule has 0 spiro atoms. The molecule has 1 atom stereocenters. The summed E-state index contributed by atoms with van der Waals surface area (Å²) >= 11 is 0. The predicted octanol–water partition coefficient (Wildman–Crippen LogP) is 2.94. The van der Waals surface area contributed by atoms with Crippen molar-refractivity contribution in [1.82, 2.24) is 4.90 Å². The van der Waals surface area contributed by atoms with Gasteiger partial charge in [-0.3, -0.25) is 4.90 Å². The summed E-state index contributed by atoms with van der Waals surface area (Å²) in [5, 5.41) is 2.38. The maximum atomic E-state index is 6.00. The zero-order chi connectivity index (χ0) is 13.8. The molecule has 0 radical (unpaired) electrons. The summed E-state index contributed by atoms with van der Waals surface area (Å²) in [6.07, 6.45) is 0.169. The van der Waals surface area contributed by atoms with E-state index in [1.54, 1.807) is 0 Å². The Kier molecular flexibility index (Phi) is 4.19. The number of likely N-dealkylation sites (N-methyl/N-ethyl adjacent to an activating group) is 1. The number of nitrogens with zero attached hydrogens (tertiary/aromatic N) is 1. The van der Waals surface area contributed by atoms with Crippen LogP contribution >= 0.6 is 0 Å². The lowest BCUT2D eigenvalue weighted by Gasteiger charge is -2.31. The molecular weight excluding hydrogens is 250 g/mol. The summed E-state index contributed by atoms with van der Waals surface area (Å²) in [5.74, 6) is 0.945. The normalized spacial score (nSPS) is 20.1. The van der Waals surface area contributed by atoms with E-state index in [-0.39, 0.29) is 6.10 Å². The van der Waals surface area contributed by atoms with Crippen LogP contribution in [-0.2, 0) is 4.74 Å². The van der Waals surface area contributed by atoms with Crippen LogP contribution in [0.1, 0.15) is 6.92 Å². The molecule has 1 aliphatic rings. The summed E-state index contributed by atoms with van der Waals surface area (Å²) in [5.41, 5.74) is 0. The molecule has 0 bridgehead atoms. The van der Waals surface area contributed by atoms with E-state index in [0.717, 1.165) is 37.4 Å². The third-order valence-corrected chi connectivity index (χ3v) is 3.84. The number of ether oxygens (including phenoxy) is 2. The van der Waals surface area contributed by atoms with Gasteiger partial charge in [-0.2, -0.15) is 0 Å². The van der Waals surface area contributed by atoms with Gasteiger partial charge in [-0.1, -0.05) is 43.3 Å². The highest BCUT2D eigenvalue weighted by molar-refractivity contribution is 5.88. The highest BCUT2D eigenvalue weighted by Gasteiger charge is 2.19. The number of benzene rings is 2. The molecule has 2 aromatic rings. The van der Waals surface area contributed by atoms with E-state index < -0.39 is 0 Å². The molecular formula is C17H21NO2. The monoisotopic (exact) mass is 271 g/mol. The first kappa shape index (κ1) is 13.4. The third kappa shape index (κ3) is 2.94. The highest BCUT2D eigenvalue weighted by Crippen LogP contribution is 2.25. The Morgan fingerprint density at radius 2 is 2.05 bits per heavy atom. The molecule has 0 saturated carbocycles. The Balaban J connectivity index is 1.68. The molecule has 1 fully saturated rings. The van der Waals surface area contributed by atoms with Gasteiger partial charge in [0.1, 0.15) is 18.5 Å². The number of hydrogen-bond acceptors (Lipinski definition) is 3. The molecule has 1 saturated heterocycles. The van der Waals surface area contributed by atoms with Gasteiger partial charge in [-0.05, 0) is 18.0 Å². The zero-order valence-electron chi connectivity index (χ0n) is 11.9. The fourth-order valence-electron chi connectivity index (χ4n) is 2.67. The van der Waals surface area contributed by atoms with E-state index in [0.29, 0.717) is 6.61 Å². The maximum absolute atomic E-state index is 6.00. The minimum absolute atomic E-state index is 0.169. The first-order valence-corrected chi connectivity index (χ1v) is 7.31. The molecule has 2 aromatic carbocycles. The molecule has 0 aliphatic carbocycles. The van der Waals surface area contributed by atoms with Gasteiger partial charge in [0.25, 0.3) is 0 Å². The van der Waals surface area contributed by atoms with Gasteiger partial charge in [0.05, 0.1) is 6.61 Å². The van der Waals surface area contributed by atoms with E-state index in [1.807, 2.05) is 18.2 Å². The molecule has 1 aliphatic heterocycles. The number of morpholine rings is 1. The number of hydrogen-bond donors (Lipinski definition) is 0. The summed E-state index contributed by atoms with van der Waals surface area (Å²) in [4.78, 5) is 2.40. The Morgan fingerprint density at radius 1 is 1.20 bits per heavy atom. The van der Waals surface area contributed by atoms with Crippen molar-refractivity contribution in [3.8, 4) is 5.75 Å². The lowest BCUT2D eigenvalue weighted by molar-refractivity contribution is -0.0461. The predicted molar refractivity (Wildman–Crippen MR) is 81.3 cm³/mol. The fraction of sp³-hybridized carbons (Fsp3) is 0.412. The van der Waals surface area contributed by atoms with Gasteiger partial charge in [0.15, 0.2) is 0 Å². The number of fused-ring (bicyclic) bond motifs is 1. The molecule has 3 nitrogen and oxygen atoms in total. The SMILES string of the molecule is CCN1CCOC(COc2cccc3ccccc23)C1. The Morgan fingerprint density at radius 3 is 2.95 bits per heavy atom. The van der Waals surface area contributed by atoms with Crippen LogP contribution in [0, 0.1) is 0 Å². The van der Waals surface area contributed by atoms with Crippen LogP contribution in [0.5, 0.6) is 5.75 Å². The van der Waals surface area contributed by atoms with E-state index in [4.69, 9.17) is 9.47 Å². The lowest BCUT2D eigenvalue weighted by atomic mass is 10.1. The topological polar surface area (TPSA) is 21.7 Å². The largest absolute Gasteiger partial charge is 0.490 e. The first-order chi connectivity index (χ1) is 9.86. The van der Waals surface area contributed by atoms with Crippen LogP contribution < -0.4 is 4.74 Å². The van der Waals surface area contributed by atoms with Gasteiger partial charge in [0.2, 0.25) is 0 Å². The van der Waals surface area contributed by atoms with Gasteiger partial charge in [-0.15, -0.1) is 0 Å². The van der Waals surface area contributed by atoms with Crippen molar-refractivity contribution in [3.05, 3.63) is 42.5 Å². The minimum atomic E-state index is 0.169. The summed E-state index contributed by atoms with van der Waals surface area (Å²) < 4.78 is 11.8. The zero-order valence-corrected chi connectivity index (χ0v) is 11.9. The lowest BCUT2D eigenvalue weighted by Crippen LogP contribution is -2.44. The van der Waals surface area contributed by atoms with E-state index in [2.05, 4.69) is 36.1 Å². The van der Waals surface area contributed by atoms with Crippen LogP contribution in [-0.4, -0.2) is 43.9 Å². The summed E-state index contributed by atoms with van der Waals surface area (Å²) in [6.45, 7) is 6.67. The van der Waals surface area contributed by atoms with Gasteiger partial charge >= 0.3 is 0 Å². The minimum Gasteiger partial charge on any atom is -0.490 e. The van der Waals surface area contributed by atoms with Crippen molar-refractivity contribution in [3.63, 3.8) is 0 Å².